The Balaban J connectivity index is 0.00000259. The molecule has 1 amide bonds. The first-order chi connectivity index (χ1) is 15.5. The largest absolute Gasteiger partial charge is 0.344 e. The van der Waals surface area contributed by atoms with Crippen LogP contribution in [0.3, 0.4) is 0 Å². The van der Waals surface area contributed by atoms with Gasteiger partial charge in [0.25, 0.3) is 11.5 Å². The second-order valence-corrected chi connectivity index (χ2v) is 7.87. The maximum atomic E-state index is 13.6. The van der Waals surface area contributed by atoms with Gasteiger partial charge in [-0.3, -0.25) is 14.2 Å². The molecule has 3 heterocycles. The Morgan fingerprint density at radius 2 is 1.76 bits per heavy atom. The number of aromatic nitrogens is 3. The van der Waals surface area contributed by atoms with E-state index >= 15 is 0 Å². The van der Waals surface area contributed by atoms with Crippen LogP contribution in [0.5, 0.6) is 0 Å². The average molecular weight is 439 g/mol. The molecule has 5 aromatic rings. The molecule has 0 saturated heterocycles. The highest BCUT2D eigenvalue weighted by molar-refractivity contribution is 6.00. The number of pyridine rings is 2. The van der Waals surface area contributed by atoms with E-state index < -0.39 is 6.04 Å². The maximum Gasteiger partial charge on any atom is 0.263 e. The average Bonchev–Trinajstić information content (AvgIpc) is 3.24. The van der Waals surface area contributed by atoms with E-state index in [2.05, 4.69) is 10.4 Å². The molecule has 0 aliphatic heterocycles. The van der Waals surface area contributed by atoms with E-state index in [-0.39, 0.29) is 18.9 Å². The fraction of sp³-hybridized carbons (Fsp3) is 0.148. The minimum absolute atomic E-state index is 0. The van der Waals surface area contributed by atoms with E-state index in [1.165, 1.54) is 0 Å². The number of rotatable bonds is 4. The highest BCUT2D eigenvalue weighted by Crippen LogP contribution is 2.23. The van der Waals surface area contributed by atoms with Crippen molar-refractivity contribution in [3.05, 3.63) is 112 Å². The zero-order valence-electron chi connectivity index (χ0n) is 17.8. The van der Waals surface area contributed by atoms with Crippen LogP contribution in [0.15, 0.2) is 90.0 Å². The van der Waals surface area contributed by atoms with Gasteiger partial charge in [0, 0.05) is 17.6 Å². The molecule has 0 saturated carbocycles. The third kappa shape index (κ3) is 3.80. The van der Waals surface area contributed by atoms with Gasteiger partial charge in [0.05, 0.1) is 28.7 Å². The summed E-state index contributed by atoms with van der Waals surface area (Å²) in [6, 6.07) is 22.5. The number of nitrogens with zero attached hydrogens (tertiary/aromatic N) is 3. The first kappa shape index (κ1) is 22.0. The second-order valence-electron chi connectivity index (χ2n) is 7.87. The number of benzene rings is 2. The number of nitrogens with one attached hydrogen (secondary N) is 1. The SMILES string of the molecule is C.Cc1cccc2cc([C@H](C)NC(=O)c3cnn4ccccc34)n(-c3ccccc3)c(=O)c12. The first-order valence-corrected chi connectivity index (χ1v) is 10.5. The summed E-state index contributed by atoms with van der Waals surface area (Å²) < 4.78 is 3.36. The molecule has 0 aliphatic rings. The highest BCUT2D eigenvalue weighted by atomic mass is 16.2. The molecule has 6 heteroatoms. The number of hydrogen-bond acceptors (Lipinski definition) is 3. The molecule has 166 valence electrons. The molecule has 1 atom stereocenters. The van der Waals surface area contributed by atoms with Crippen LogP contribution >= 0.6 is 0 Å². The van der Waals surface area contributed by atoms with E-state index in [1.54, 1.807) is 21.5 Å². The van der Waals surface area contributed by atoms with Gasteiger partial charge >= 0.3 is 0 Å². The van der Waals surface area contributed by atoms with Crippen molar-refractivity contribution in [3.8, 4) is 5.69 Å². The smallest absolute Gasteiger partial charge is 0.263 e. The van der Waals surface area contributed by atoms with E-state index in [1.807, 2.05) is 86.6 Å². The van der Waals surface area contributed by atoms with Crippen LogP contribution in [-0.2, 0) is 0 Å². The van der Waals surface area contributed by atoms with Crippen molar-refractivity contribution in [1.29, 1.82) is 0 Å². The Hall–Kier alpha value is -4.19. The molecule has 33 heavy (non-hydrogen) atoms. The van der Waals surface area contributed by atoms with Crippen molar-refractivity contribution in [3.63, 3.8) is 0 Å². The van der Waals surface area contributed by atoms with Crippen LogP contribution in [0.25, 0.3) is 22.0 Å². The molecular formula is C27H26N4O2. The van der Waals surface area contributed by atoms with Crippen LogP contribution in [0.2, 0.25) is 0 Å². The van der Waals surface area contributed by atoms with Gasteiger partial charge in [0.2, 0.25) is 0 Å². The van der Waals surface area contributed by atoms with E-state index in [0.29, 0.717) is 16.6 Å². The van der Waals surface area contributed by atoms with Gasteiger partial charge in [-0.25, -0.2) is 4.52 Å². The molecule has 0 spiro atoms. The van der Waals surface area contributed by atoms with Crippen LogP contribution in [0.4, 0.5) is 0 Å². The molecule has 5 rings (SSSR count). The lowest BCUT2D eigenvalue weighted by Crippen LogP contribution is -2.32. The summed E-state index contributed by atoms with van der Waals surface area (Å²) >= 11 is 0. The minimum Gasteiger partial charge on any atom is -0.344 e. The summed E-state index contributed by atoms with van der Waals surface area (Å²) in [7, 11) is 0. The first-order valence-electron chi connectivity index (χ1n) is 10.5. The van der Waals surface area contributed by atoms with Gasteiger partial charge < -0.3 is 5.32 Å². The van der Waals surface area contributed by atoms with Crippen LogP contribution < -0.4 is 10.9 Å². The normalized spacial score (nSPS) is 11.8. The molecule has 0 aliphatic carbocycles. The highest BCUT2D eigenvalue weighted by Gasteiger charge is 2.20. The Kier molecular flexibility index (Phi) is 5.84. The lowest BCUT2D eigenvalue weighted by atomic mass is 10.0. The summed E-state index contributed by atoms with van der Waals surface area (Å²) in [5.41, 5.74) is 3.51. The third-order valence-electron chi connectivity index (χ3n) is 5.76. The van der Waals surface area contributed by atoms with E-state index in [9.17, 15) is 9.59 Å². The van der Waals surface area contributed by atoms with Gasteiger partial charge in [-0.05, 0) is 55.1 Å². The fourth-order valence-electron chi connectivity index (χ4n) is 4.18. The molecule has 0 unspecified atom stereocenters. The summed E-state index contributed by atoms with van der Waals surface area (Å²) in [5, 5.41) is 8.84. The Morgan fingerprint density at radius 3 is 2.55 bits per heavy atom. The van der Waals surface area contributed by atoms with Crippen molar-refractivity contribution in [1.82, 2.24) is 19.5 Å². The number of fused-ring (bicyclic) bond motifs is 2. The van der Waals surface area contributed by atoms with Crippen molar-refractivity contribution >= 4 is 22.2 Å². The number of carbonyl (C=O) groups excluding carboxylic acids is 1. The van der Waals surface area contributed by atoms with Gasteiger partial charge in [-0.15, -0.1) is 0 Å². The summed E-state index contributed by atoms with van der Waals surface area (Å²) in [4.78, 5) is 26.7. The van der Waals surface area contributed by atoms with Crippen LogP contribution in [-0.4, -0.2) is 20.1 Å². The summed E-state index contributed by atoms with van der Waals surface area (Å²) in [6.45, 7) is 3.83. The number of hydrogen-bond donors (Lipinski definition) is 1. The monoisotopic (exact) mass is 438 g/mol. The van der Waals surface area contributed by atoms with Crippen LogP contribution in [0.1, 0.15) is 42.0 Å². The Bertz CT molecular complexity index is 1520. The van der Waals surface area contributed by atoms with Crippen molar-refractivity contribution in [2.24, 2.45) is 0 Å². The van der Waals surface area contributed by atoms with E-state index in [4.69, 9.17) is 0 Å². The zero-order chi connectivity index (χ0) is 22.2. The topological polar surface area (TPSA) is 68.4 Å². The number of aryl methyl sites for hydroxylation is 1. The van der Waals surface area contributed by atoms with Gasteiger partial charge in [0.15, 0.2) is 0 Å². The number of amides is 1. The molecule has 3 aromatic heterocycles. The molecule has 6 nitrogen and oxygen atoms in total. The quantitative estimate of drug-likeness (QED) is 0.426. The number of para-hydroxylation sites is 1. The van der Waals surface area contributed by atoms with Gasteiger partial charge in [-0.1, -0.05) is 49.9 Å². The molecule has 1 N–H and O–H groups in total. The second kappa shape index (κ2) is 8.74. The molecular weight excluding hydrogens is 412 g/mol. The van der Waals surface area contributed by atoms with Crippen LogP contribution in [0, 0.1) is 6.92 Å². The molecule has 2 aromatic carbocycles. The summed E-state index contributed by atoms with van der Waals surface area (Å²) in [6.07, 6.45) is 3.36. The lowest BCUT2D eigenvalue weighted by molar-refractivity contribution is 0.0940. The molecule has 0 radical (unpaired) electrons. The van der Waals surface area contributed by atoms with Gasteiger partial charge in [-0.2, -0.15) is 5.10 Å². The Morgan fingerprint density at radius 1 is 1.00 bits per heavy atom. The molecule has 0 fully saturated rings. The lowest BCUT2D eigenvalue weighted by Gasteiger charge is -2.21. The fourth-order valence-corrected chi connectivity index (χ4v) is 4.18. The third-order valence-corrected chi connectivity index (χ3v) is 5.76. The predicted octanol–water partition coefficient (Wildman–Crippen LogP) is 5.07. The van der Waals surface area contributed by atoms with Gasteiger partial charge in [0.1, 0.15) is 0 Å². The van der Waals surface area contributed by atoms with Crippen molar-refractivity contribution in [2.75, 3.05) is 0 Å². The Labute approximate surface area is 192 Å². The van der Waals surface area contributed by atoms with Crippen molar-refractivity contribution < 1.29 is 4.79 Å². The zero-order valence-corrected chi connectivity index (χ0v) is 17.8. The van der Waals surface area contributed by atoms with E-state index in [0.717, 1.165) is 22.2 Å². The predicted molar refractivity (Wildman–Crippen MR) is 132 cm³/mol. The molecule has 0 bridgehead atoms. The minimum atomic E-state index is -0.418. The number of carbonyl (C=O) groups is 1. The standard InChI is InChI=1S/C26H22N4O2.CH4/c1-17-9-8-10-19-15-23(30(26(32)24(17)19)20-11-4-3-5-12-20)18(2)28-25(31)21-16-27-29-14-7-6-13-22(21)29;/h3-16,18H,1-2H3,(H,28,31);1H4/t18-;/m0./s1. The summed E-state index contributed by atoms with van der Waals surface area (Å²) in [5.74, 6) is -0.241. The maximum absolute atomic E-state index is 13.6. The van der Waals surface area contributed by atoms with Crippen molar-refractivity contribution in [2.45, 2.75) is 27.3 Å².